The van der Waals surface area contributed by atoms with E-state index in [1.165, 1.54) is 0 Å². The number of ether oxygens (including phenoxy) is 1. The van der Waals surface area contributed by atoms with Crippen molar-refractivity contribution in [3.05, 3.63) is 30.0 Å². The highest BCUT2D eigenvalue weighted by molar-refractivity contribution is 6.06. The van der Waals surface area contributed by atoms with Gasteiger partial charge in [-0.1, -0.05) is 52.8 Å². The Morgan fingerprint density at radius 3 is 2.57 bits per heavy atom. The molecule has 0 bridgehead atoms. The van der Waals surface area contributed by atoms with Crippen LogP contribution in [-0.2, 0) is 16.1 Å². The third kappa shape index (κ3) is 6.82. The van der Waals surface area contributed by atoms with Crippen molar-refractivity contribution in [3.8, 4) is 0 Å². The number of nitrogens with one attached hydrogen (secondary N) is 1. The zero-order valence-electron chi connectivity index (χ0n) is 21.9. The summed E-state index contributed by atoms with van der Waals surface area (Å²) in [7, 11) is 0. The van der Waals surface area contributed by atoms with E-state index in [1.807, 2.05) is 63.6 Å². The lowest BCUT2D eigenvalue weighted by Crippen LogP contribution is -2.55. The summed E-state index contributed by atoms with van der Waals surface area (Å²) in [6, 6.07) is 7.05. The summed E-state index contributed by atoms with van der Waals surface area (Å²) in [4.78, 5) is 29.0. The van der Waals surface area contributed by atoms with E-state index in [4.69, 9.17) is 9.84 Å². The molecule has 0 radical (unpaired) electrons. The molecule has 1 fully saturated rings. The van der Waals surface area contributed by atoms with Crippen molar-refractivity contribution in [3.63, 3.8) is 0 Å². The Hall–Kier alpha value is -2.45. The largest absolute Gasteiger partial charge is 0.396 e. The van der Waals surface area contributed by atoms with Crippen molar-refractivity contribution in [1.82, 2.24) is 20.0 Å². The molecule has 1 saturated heterocycles. The van der Waals surface area contributed by atoms with E-state index in [2.05, 4.69) is 5.32 Å². The summed E-state index contributed by atoms with van der Waals surface area (Å²) in [6.45, 7) is 13.1. The number of aliphatic hydroxyl groups excluding tert-OH is 1. The summed E-state index contributed by atoms with van der Waals surface area (Å²) >= 11 is 0. The second kappa shape index (κ2) is 12.0. The van der Waals surface area contributed by atoms with Crippen LogP contribution in [0.1, 0.15) is 64.4 Å². The Kier molecular flexibility index (Phi) is 9.30. The molecule has 2 amide bonds. The second-order valence-corrected chi connectivity index (χ2v) is 10.9. The van der Waals surface area contributed by atoms with Gasteiger partial charge in [0.2, 0.25) is 5.91 Å². The van der Waals surface area contributed by atoms with Crippen molar-refractivity contribution in [2.24, 2.45) is 17.3 Å². The van der Waals surface area contributed by atoms with Crippen LogP contribution in [0, 0.1) is 17.3 Å². The molecule has 2 unspecified atom stereocenters. The smallest absolute Gasteiger partial charge is 0.273 e. The summed E-state index contributed by atoms with van der Waals surface area (Å²) in [6.07, 6.45) is 2.77. The Bertz CT molecular complexity index is 991. The molecule has 2 heterocycles. The van der Waals surface area contributed by atoms with Crippen LogP contribution in [0.25, 0.3) is 10.9 Å². The van der Waals surface area contributed by atoms with Crippen LogP contribution < -0.4 is 5.32 Å². The van der Waals surface area contributed by atoms with Crippen molar-refractivity contribution in [2.45, 2.75) is 66.5 Å². The van der Waals surface area contributed by atoms with Crippen molar-refractivity contribution in [2.75, 3.05) is 32.9 Å². The van der Waals surface area contributed by atoms with Crippen molar-refractivity contribution < 1.29 is 19.4 Å². The van der Waals surface area contributed by atoms with Gasteiger partial charge in [-0.25, -0.2) is 0 Å². The molecule has 35 heavy (non-hydrogen) atoms. The van der Waals surface area contributed by atoms with Crippen LogP contribution in [0.15, 0.2) is 24.3 Å². The van der Waals surface area contributed by atoms with Crippen molar-refractivity contribution in [1.29, 1.82) is 0 Å². The minimum atomic E-state index is -0.716. The molecule has 1 aromatic carbocycles. The number of nitrogens with zero attached hydrogens (tertiary/aromatic N) is 3. The van der Waals surface area contributed by atoms with Gasteiger partial charge in [-0.15, -0.1) is 0 Å². The maximum Gasteiger partial charge on any atom is 0.273 e. The quantitative estimate of drug-likeness (QED) is 0.536. The summed E-state index contributed by atoms with van der Waals surface area (Å²) in [5.74, 6) is -0.0413. The van der Waals surface area contributed by atoms with Gasteiger partial charge < -0.3 is 20.1 Å². The SMILES string of the molecule is CCCN(CC(C)CO)C(=O)C(NC(=O)c1nn(CC2CCOCC2)c2ccccc12)C(C)(C)C. The van der Waals surface area contributed by atoms with Crippen LogP contribution in [0.5, 0.6) is 0 Å². The number of carbonyl (C=O) groups is 2. The summed E-state index contributed by atoms with van der Waals surface area (Å²) in [5.41, 5.74) is 0.773. The number of aromatic nitrogens is 2. The monoisotopic (exact) mass is 486 g/mol. The first-order chi connectivity index (χ1) is 16.7. The Labute approximate surface area is 209 Å². The average molecular weight is 487 g/mol. The Balaban J connectivity index is 1.87. The molecule has 1 aliphatic rings. The van der Waals surface area contributed by atoms with E-state index in [0.29, 0.717) is 24.7 Å². The molecule has 0 aliphatic carbocycles. The molecule has 0 saturated carbocycles. The number of amides is 2. The van der Waals surface area contributed by atoms with Gasteiger partial charge in [-0.05, 0) is 42.6 Å². The molecule has 1 aromatic heterocycles. The highest BCUT2D eigenvalue weighted by Crippen LogP contribution is 2.25. The average Bonchev–Trinajstić information content (AvgIpc) is 3.20. The van der Waals surface area contributed by atoms with E-state index in [9.17, 15) is 14.7 Å². The van der Waals surface area contributed by atoms with Crippen LogP contribution in [-0.4, -0.2) is 70.6 Å². The second-order valence-electron chi connectivity index (χ2n) is 10.9. The molecular formula is C27H42N4O4. The first-order valence-electron chi connectivity index (χ1n) is 12.9. The number of para-hydroxylation sites is 1. The molecule has 2 aromatic rings. The zero-order chi connectivity index (χ0) is 25.6. The Morgan fingerprint density at radius 1 is 1.26 bits per heavy atom. The molecule has 2 atom stereocenters. The van der Waals surface area contributed by atoms with Crippen molar-refractivity contribution >= 4 is 22.7 Å². The van der Waals surface area contributed by atoms with Crippen LogP contribution >= 0.6 is 0 Å². The van der Waals surface area contributed by atoms with Gasteiger partial charge in [0.25, 0.3) is 5.91 Å². The van der Waals surface area contributed by atoms with Crippen LogP contribution in [0.4, 0.5) is 0 Å². The van der Waals surface area contributed by atoms with E-state index in [1.54, 1.807) is 4.90 Å². The van der Waals surface area contributed by atoms with Gasteiger partial charge in [0.1, 0.15) is 6.04 Å². The fourth-order valence-corrected chi connectivity index (χ4v) is 4.63. The Morgan fingerprint density at radius 2 is 1.94 bits per heavy atom. The zero-order valence-corrected chi connectivity index (χ0v) is 21.9. The maximum atomic E-state index is 13.6. The van der Waals surface area contributed by atoms with E-state index < -0.39 is 11.5 Å². The number of benzene rings is 1. The highest BCUT2D eigenvalue weighted by atomic mass is 16.5. The first-order valence-corrected chi connectivity index (χ1v) is 12.9. The third-order valence-electron chi connectivity index (χ3n) is 6.68. The van der Waals surface area contributed by atoms with Gasteiger partial charge in [-0.3, -0.25) is 14.3 Å². The third-order valence-corrected chi connectivity index (χ3v) is 6.68. The predicted molar refractivity (Wildman–Crippen MR) is 137 cm³/mol. The van der Waals surface area contributed by atoms with E-state index in [-0.39, 0.29) is 24.3 Å². The molecule has 0 spiro atoms. The van der Waals surface area contributed by atoms with Crippen LogP contribution in [0.2, 0.25) is 0 Å². The fraction of sp³-hybridized carbons (Fsp3) is 0.667. The standard InChI is InChI=1S/C27H42N4O4/c1-6-13-30(16-19(2)18-32)26(34)24(27(3,4)5)28-25(33)23-21-9-7-8-10-22(21)31(29-23)17-20-11-14-35-15-12-20/h7-10,19-20,24,32H,6,11-18H2,1-5H3,(H,28,33). The maximum absolute atomic E-state index is 13.6. The number of rotatable bonds is 10. The van der Waals surface area contributed by atoms with Gasteiger partial charge in [-0.2, -0.15) is 5.10 Å². The normalized spacial score (nSPS) is 16.7. The minimum Gasteiger partial charge on any atom is -0.396 e. The fourth-order valence-electron chi connectivity index (χ4n) is 4.63. The predicted octanol–water partition coefficient (Wildman–Crippen LogP) is 3.47. The number of fused-ring (bicyclic) bond motifs is 1. The molecule has 194 valence electrons. The first kappa shape index (κ1) is 27.1. The number of hydrogen-bond donors (Lipinski definition) is 2. The van der Waals surface area contributed by atoms with Gasteiger partial charge in [0.05, 0.1) is 5.52 Å². The van der Waals surface area contributed by atoms with E-state index in [0.717, 1.165) is 49.9 Å². The molecule has 8 heteroatoms. The van der Waals surface area contributed by atoms with E-state index >= 15 is 0 Å². The summed E-state index contributed by atoms with van der Waals surface area (Å²) < 4.78 is 7.42. The van der Waals surface area contributed by atoms with Gasteiger partial charge >= 0.3 is 0 Å². The topological polar surface area (TPSA) is 96.7 Å². The lowest BCUT2D eigenvalue weighted by Gasteiger charge is -2.35. The molecular weight excluding hydrogens is 444 g/mol. The van der Waals surface area contributed by atoms with Gasteiger partial charge in [0, 0.05) is 44.8 Å². The highest BCUT2D eigenvalue weighted by Gasteiger charge is 2.37. The molecule has 2 N–H and O–H groups in total. The van der Waals surface area contributed by atoms with Crippen LogP contribution in [0.3, 0.4) is 0 Å². The number of carbonyl (C=O) groups excluding carboxylic acids is 2. The molecule has 3 rings (SSSR count). The number of hydrogen-bond acceptors (Lipinski definition) is 5. The minimum absolute atomic E-state index is 0.0105. The lowest BCUT2D eigenvalue weighted by molar-refractivity contribution is -0.136. The molecule has 8 nitrogen and oxygen atoms in total. The summed E-state index contributed by atoms with van der Waals surface area (Å²) in [5, 5.41) is 18.1. The lowest BCUT2D eigenvalue weighted by atomic mass is 9.85. The number of aliphatic hydroxyl groups is 1. The van der Waals surface area contributed by atoms with Gasteiger partial charge in [0.15, 0.2) is 5.69 Å². The molecule has 1 aliphatic heterocycles.